The maximum absolute atomic E-state index is 13.6. The van der Waals surface area contributed by atoms with E-state index in [1.165, 1.54) is 11.3 Å². The van der Waals surface area contributed by atoms with E-state index in [1.807, 2.05) is 36.4 Å². The van der Waals surface area contributed by atoms with Crippen LogP contribution in [-0.4, -0.2) is 86.6 Å². The normalized spacial score (nSPS) is 23.5. The van der Waals surface area contributed by atoms with Crippen LogP contribution in [0.3, 0.4) is 0 Å². The number of carbonyl (C=O) groups excluding carboxylic acids is 2. The Morgan fingerprint density at radius 1 is 0.962 bits per heavy atom. The van der Waals surface area contributed by atoms with E-state index < -0.39 is 0 Å². The average molecular weight is 733 g/mol. The molecule has 9 rings (SSSR count). The number of nitriles is 1. The molecule has 10 heteroatoms. The second-order valence-electron chi connectivity index (χ2n) is 16.7. The second-order valence-corrected chi connectivity index (χ2v) is 17.2. The molecule has 6 aliphatic heterocycles. The van der Waals surface area contributed by atoms with Crippen LogP contribution in [0, 0.1) is 22.7 Å². The zero-order valence-corrected chi connectivity index (χ0v) is 31.5. The summed E-state index contributed by atoms with van der Waals surface area (Å²) in [7, 11) is 0. The van der Waals surface area contributed by atoms with Gasteiger partial charge in [-0.1, -0.05) is 17.7 Å². The lowest BCUT2D eigenvalue weighted by Crippen LogP contribution is -2.47. The standard InChI is InChI=1S/C43H49ClN6O3/c1-29-23-42(27-50(29)34-7-4-32(24-45)38(44)22-34)12-20-48(21-13-42)33-5-2-31(3-6-33)41(52)49-16-10-30(11-17-49)26-47-18-14-43(15-19-47)28-53-39-36-25-46-40(51)35(36)8-9-37(39)43/h2-9,22,29-30H,10-21,23,25-28H2,1H3,(H,46,51)/t29-/m0/s1. The third-order valence-corrected chi connectivity index (χ3v) is 14.0. The van der Waals surface area contributed by atoms with Crippen LogP contribution in [0.15, 0.2) is 54.6 Å². The fourth-order valence-corrected chi connectivity index (χ4v) is 10.7. The SMILES string of the molecule is C[C@H]1CC2(CCN(c3ccc(C(=O)N4CCC(CN5CCC6(CC5)COc5c6ccc6c5CNC6=O)CC4)cc3)CC2)CN1c1ccc(C#N)c(Cl)c1. The van der Waals surface area contributed by atoms with Crippen LogP contribution in [0.4, 0.5) is 11.4 Å². The molecule has 6 heterocycles. The first-order valence-electron chi connectivity index (χ1n) is 19.6. The summed E-state index contributed by atoms with van der Waals surface area (Å²) in [5.74, 6) is 1.73. The Bertz CT molecular complexity index is 1950. The van der Waals surface area contributed by atoms with Crippen LogP contribution in [0.25, 0.3) is 0 Å². The zero-order chi connectivity index (χ0) is 36.3. The number of nitrogens with one attached hydrogen (secondary N) is 1. The summed E-state index contributed by atoms with van der Waals surface area (Å²) >= 11 is 6.38. The Labute approximate surface area is 317 Å². The van der Waals surface area contributed by atoms with E-state index in [4.69, 9.17) is 16.3 Å². The van der Waals surface area contributed by atoms with Crippen molar-refractivity contribution < 1.29 is 14.3 Å². The monoisotopic (exact) mass is 732 g/mol. The molecule has 4 fully saturated rings. The molecular formula is C43H49ClN6O3. The van der Waals surface area contributed by atoms with Crippen LogP contribution >= 0.6 is 11.6 Å². The molecule has 0 aliphatic carbocycles. The fraction of sp³-hybridized carbons (Fsp3) is 0.512. The van der Waals surface area contributed by atoms with Gasteiger partial charge in [0.25, 0.3) is 11.8 Å². The Hall–Kier alpha value is -4.26. The molecule has 3 aromatic carbocycles. The smallest absolute Gasteiger partial charge is 0.253 e. The molecule has 2 spiro atoms. The highest BCUT2D eigenvalue weighted by Gasteiger charge is 2.46. The number of hydrogen-bond acceptors (Lipinski definition) is 7. The number of likely N-dealkylation sites (tertiary alicyclic amines) is 2. The number of piperidine rings is 3. The van der Waals surface area contributed by atoms with Crippen molar-refractivity contribution in [2.45, 2.75) is 69.9 Å². The molecule has 0 bridgehead atoms. The molecule has 276 valence electrons. The van der Waals surface area contributed by atoms with E-state index in [1.54, 1.807) is 0 Å². The molecule has 2 amide bonds. The summed E-state index contributed by atoms with van der Waals surface area (Å²) in [6.07, 6.45) is 7.70. The van der Waals surface area contributed by atoms with Gasteiger partial charge in [-0.05, 0) is 125 Å². The van der Waals surface area contributed by atoms with Crippen LogP contribution in [-0.2, 0) is 12.0 Å². The number of ether oxygens (including phenoxy) is 1. The molecule has 0 aromatic heterocycles. The van der Waals surface area contributed by atoms with E-state index in [0.29, 0.717) is 29.1 Å². The lowest BCUT2D eigenvalue weighted by Gasteiger charge is -2.41. The van der Waals surface area contributed by atoms with Gasteiger partial charge in [0.1, 0.15) is 11.8 Å². The van der Waals surface area contributed by atoms with Gasteiger partial charge in [-0.15, -0.1) is 0 Å². The highest BCUT2D eigenvalue weighted by atomic mass is 35.5. The van der Waals surface area contributed by atoms with E-state index in [2.05, 4.69) is 56.1 Å². The average Bonchev–Trinajstić information content (AvgIpc) is 3.85. The first-order chi connectivity index (χ1) is 25.7. The van der Waals surface area contributed by atoms with Gasteiger partial charge in [0.2, 0.25) is 0 Å². The Morgan fingerprint density at radius 2 is 1.70 bits per heavy atom. The molecule has 1 N–H and O–H groups in total. The minimum atomic E-state index is 0.0100. The number of nitrogens with zero attached hydrogens (tertiary/aromatic N) is 5. The van der Waals surface area contributed by atoms with Crippen molar-refractivity contribution in [1.82, 2.24) is 15.1 Å². The maximum atomic E-state index is 13.6. The minimum absolute atomic E-state index is 0.0100. The highest BCUT2D eigenvalue weighted by molar-refractivity contribution is 6.32. The van der Waals surface area contributed by atoms with Crippen molar-refractivity contribution in [2.75, 3.05) is 68.8 Å². The third kappa shape index (κ3) is 6.22. The third-order valence-electron chi connectivity index (χ3n) is 13.7. The molecule has 1 atom stereocenters. The number of hydrogen-bond donors (Lipinski definition) is 1. The van der Waals surface area contributed by atoms with E-state index in [9.17, 15) is 14.9 Å². The Morgan fingerprint density at radius 3 is 2.42 bits per heavy atom. The van der Waals surface area contributed by atoms with E-state index >= 15 is 0 Å². The van der Waals surface area contributed by atoms with Crippen molar-refractivity contribution in [2.24, 2.45) is 11.3 Å². The van der Waals surface area contributed by atoms with Crippen molar-refractivity contribution >= 4 is 34.8 Å². The van der Waals surface area contributed by atoms with Gasteiger partial charge in [0.05, 0.1) is 17.2 Å². The first-order valence-corrected chi connectivity index (χ1v) is 20.0. The van der Waals surface area contributed by atoms with Gasteiger partial charge in [0.15, 0.2) is 0 Å². The molecule has 53 heavy (non-hydrogen) atoms. The van der Waals surface area contributed by atoms with Crippen molar-refractivity contribution in [3.8, 4) is 11.8 Å². The summed E-state index contributed by atoms with van der Waals surface area (Å²) < 4.78 is 6.26. The molecular weight excluding hydrogens is 684 g/mol. The summed E-state index contributed by atoms with van der Waals surface area (Å²) in [6.45, 7) is 11.5. The number of benzene rings is 3. The summed E-state index contributed by atoms with van der Waals surface area (Å²) in [6, 6.07) is 20.9. The van der Waals surface area contributed by atoms with Gasteiger partial charge < -0.3 is 29.7 Å². The highest BCUT2D eigenvalue weighted by Crippen LogP contribution is 2.49. The van der Waals surface area contributed by atoms with Crippen molar-refractivity contribution in [3.63, 3.8) is 0 Å². The summed E-state index contributed by atoms with van der Waals surface area (Å²) in [5.41, 5.74) is 7.07. The fourth-order valence-electron chi connectivity index (χ4n) is 10.4. The molecule has 0 unspecified atom stereocenters. The largest absolute Gasteiger partial charge is 0.492 e. The van der Waals surface area contributed by atoms with Crippen molar-refractivity contribution in [3.05, 3.63) is 87.4 Å². The number of rotatable bonds is 5. The van der Waals surface area contributed by atoms with E-state index in [-0.39, 0.29) is 22.6 Å². The lowest BCUT2D eigenvalue weighted by atomic mass is 9.73. The van der Waals surface area contributed by atoms with Crippen LogP contribution in [0.5, 0.6) is 5.75 Å². The van der Waals surface area contributed by atoms with Crippen LogP contribution in [0.2, 0.25) is 5.02 Å². The first kappa shape index (κ1) is 34.5. The molecule has 9 nitrogen and oxygen atoms in total. The quantitative estimate of drug-likeness (QED) is 0.316. The number of carbonyl (C=O) groups is 2. The Kier molecular flexibility index (Phi) is 8.82. The number of amides is 2. The maximum Gasteiger partial charge on any atom is 0.253 e. The zero-order valence-electron chi connectivity index (χ0n) is 30.7. The van der Waals surface area contributed by atoms with Gasteiger partial charge in [-0.2, -0.15) is 5.26 Å². The van der Waals surface area contributed by atoms with Gasteiger partial charge in [-0.3, -0.25) is 9.59 Å². The molecule has 0 radical (unpaired) electrons. The predicted molar refractivity (Wildman–Crippen MR) is 207 cm³/mol. The van der Waals surface area contributed by atoms with Gasteiger partial charge >= 0.3 is 0 Å². The summed E-state index contributed by atoms with van der Waals surface area (Å²) in [4.78, 5) is 35.3. The van der Waals surface area contributed by atoms with E-state index in [0.717, 1.165) is 132 Å². The Balaban J connectivity index is 0.736. The topological polar surface area (TPSA) is 92.2 Å². The van der Waals surface area contributed by atoms with Crippen LogP contribution < -0.4 is 19.9 Å². The lowest BCUT2D eigenvalue weighted by molar-refractivity contribution is 0.0637. The molecule has 6 aliphatic rings. The van der Waals surface area contributed by atoms with Crippen molar-refractivity contribution in [1.29, 1.82) is 5.26 Å². The molecule has 4 saturated heterocycles. The number of halogens is 1. The summed E-state index contributed by atoms with van der Waals surface area (Å²) in [5, 5.41) is 12.8. The number of fused-ring (bicyclic) bond motifs is 4. The molecule has 3 aromatic rings. The van der Waals surface area contributed by atoms with Gasteiger partial charge in [0, 0.05) is 90.9 Å². The molecule has 0 saturated carbocycles. The van der Waals surface area contributed by atoms with Gasteiger partial charge in [-0.25, -0.2) is 0 Å². The second kappa shape index (κ2) is 13.5. The predicted octanol–water partition coefficient (Wildman–Crippen LogP) is 6.62. The number of anilines is 2. The minimum Gasteiger partial charge on any atom is -0.492 e. The van der Waals surface area contributed by atoms with Crippen LogP contribution in [0.1, 0.15) is 89.3 Å².